The van der Waals surface area contributed by atoms with Crippen LogP contribution in [-0.4, -0.2) is 11.0 Å². The van der Waals surface area contributed by atoms with Crippen LogP contribution in [0.25, 0.3) is 0 Å². The van der Waals surface area contributed by atoms with Crippen LogP contribution in [0.5, 0.6) is 0 Å². The molecule has 1 aromatic rings. The predicted octanol–water partition coefficient (Wildman–Crippen LogP) is 1.86. The van der Waals surface area contributed by atoms with Gasteiger partial charge in [0, 0.05) is 0 Å². The predicted molar refractivity (Wildman–Crippen MR) is 48.8 cm³/mol. The van der Waals surface area contributed by atoms with E-state index in [2.05, 4.69) is 0 Å². The van der Waals surface area contributed by atoms with E-state index in [1.54, 1.807) is 0 Å². The van der Waals surface area contributed by atoms with Crippen LogP contribution in [0.3, 0.4) is 0 Å². The zero-order valence-corrected chi connectivity index (χ0v) is 7.54. The minimum Gasteiger partial charge on any atom is -0.298 e. The molecular weight excluding hydrogens is 188 g/mol. The Morgan fingerprint density at radius 3 is 2.23 bits per heavy atom. The summed E-state index contributed by atoms with van der Waals surface area (Å²) < 4.78 is 0. The number of Topliss-reactive ketones (excluding diaryl/α,β-unsaturated/α-hetero) is 1. The lowest BCUT2D eigenvalue weighted by Crippen LogP contribution is -2.03. The van der Waals surface area contributed by atoms with Crippen molar-refractivity contribution >= 4 is 22.6 Å². The van der Waals surface area contributed by atoms with Crippen LogP contribution < -0.4 is 0 Å². The van der Waals surface area contributed by atoms with Gasteiger partial charge in [0.15, 0.2) is 5.78 Å². The fourth-order valence-corrected chi connectivity index (χ4v) is 1.68. The van der Waals surface area contributed by atoms with Crippen LogP contribution >= 0.6 is 11.6 Å². The number of carbonyl (C=O) groups excluding carboxylic acids is 2. The smallest absolute Gasteiger partial charge is 0.229 e. The second kappa shape index (κ2) is 2.96. The molecule has 0 spiro atoms. The molecule has 0 heterocycles. The standard InChI is InChI=1S/C10H7ClO2/c11-9(13)5-8(12)10-6-3-1-2-4-7(6)10/h1-4,10H,5H2. The monoisotopic (exact) mass is 194 g/mol. The summed E-state index contributed by atoms with van der Waals surface area (Å²) in [7, 11) is 0. The van der Waals surface area contributed by atoms with Crippen molar-refractivity contribution in [2.24, 2.45) is 0 Å². The molecule has 0 atom stereocenters. The third-order valence-corrected chi connectivity index (χ3v) is 2.30. The Hall–Kier alpha value is -1.15. The molecule has 1 aromatic carbocycles. The van der Waals surface area contributed by atoms with Crippen molar-refractivity contribution in [1.82, 2.24) is 0 Å². The van der Waals surface area contributed by atoms with Crippen LogP contribution in [0.2, 0.25) is 0 Å². The van der Waals surface area contributed by atoms with Gasteiger partial charge >= 0.3 is 0 Å². The van der Waals surface area contributed by atoms with Crippen molar-refractivity contribution in [3.8, 4) is 0 Å². The van der Waals surface area contributed by atoms with Crippen molar-refractivity contribution < 1.29 is 9.59 Å². The fraction of sp³-hybridized carbons (Fsp3) is 0.200. The van der Waals surface area contributed by atoms with Crippen molar-refractivity contribution in [3.63, 3.8) is 0 Å². The average Bonchev–Trinajstić information content (AvgIpc) is 2.76. The molecule has 66 valence electrons. The number of fused-ring (bicyclic) bond motifs is 1. The molecule has 13 heavy (non-hydrogen) atoms. The second-order valence-corrected chi connectivity index (χ2v) is 3.48. The average molecular weight is 195 g/mol. The SMILES string of the molecule is O=C(Cl)CC(=O)C1c2ccccc21. The number of ketones is 1. The topological polar surface area (TPSA) is 34.1 Å². The molecule has 0 saturated carbocycles. The van der Waals surface area contributed by atoms with Crippen LogP contribution in [-0.2, 0) is 9.59 Å². The van der Waals surface area contributed by atoms with Crippen molar-refractivity contribution in [2.45, 2.75) is 12.3 Å². The van der Waals surface area contributed by atoms with E-state index in [9.17, 15) is 9.59 Å². The molecule has 0 aliphatic heterocycles. The van der Waals surface area contributed by atoms with Crippen LogP contribution in [0.4, 0.5) is 0 Å². The molecule has 0 N–H and O–H groups in total. The molecule has 3 heteroatoms. The van der Waals surface area contributed by atoms with E-state index in [1.807, 2.05) is 24.3 Å². The molecule has 1 aliphatic carbocycles. The van der Waals surface area contributed by atoms with Gasteiger partial charge < -0.3 is 0 Å². The van der Waals surface area contributed by atoms with E-state index in [-0.39, 0.29) is 18.1 Å². The van der Waals surface area contributed by atoms with Gasteiger partial charge in [0.05, 0.1) is 12.3 Å². The molecule has 0 fully saturated rings. The van der Waals surface area contributed by atoms with Gasteiger partial charge in [0.25, 0.3) is 0 Å². The van der Waals surface area contributed by atoms with Crippen molar-refractivity contribution in [3.05, 3.63) is 35.4 Å². The van der Waals surface area contributed by atoms with Gasteiger partial charge in [-0.15, -0.1) is 0 Å². The zero-order chi connectivity index (χ0) is 9.42. The Bertz CT molecular complexity index is 361. The molecule has 2 rings (SSSR count). The molecule has 0 amide bonds. The lowest BCUT2D eigenvalue weighted by molar-refractivity contribution is -0.123. The molecule has 0 radical (unpaired) electrons. The summed E-state index contributed by atoms with van der Waals surface area (Å²) >= 11 is 5.13. The highest BCUT2D eigenvalue weighted by Crippen LogP contribution is 2.44. The minimum atomic E-state index is -0.581. The molecule has 1 aliphatic rings. The maximum absolute atomic E-state index is 11.4. The summed E-state index contributed by atoms with van der Waals surface area (Å²) in [5.41, 5.74) is 2.07. The highest BCUT2D eigenvalue weighted by atomic mass is 35.5. The maximum Gasteiger partial charge on any atom is 0.229 e. The summed E-state index contributed by atoms with van der Waals surface area (Å²) in [6.07, 6.45) is -0.166. The summed E-state index contributed by atoms with van der Waals surface area (Å²) in [5, 5.41) is -0.581. The summed E-state index contributed by atoms with van der Waals surface area (Å²) in [4.78, 5) is 21.8. The van der Waals surface area contributed by atoms with E-state index in [0.29, 0.717) is 0 Å². The largest absolute Gasteiger partial charge is 0.298 e. The molecule has 0 saturated heterocycles. The summed E-state index contributed by atoms with van der Waals surface area (Å²) in [6, 6.07) is 7.57. The maximum atomic E-state index is 11.4. The van der Waals surface area contributed by atoms with E-state index >= 15 is 0 Å². The van der Waals surface area contributed by atoms with E-state index in [1.165, 1.54) is 0 Å². The Morgan fingerprint density at radius 1 is 1.23 bits per heavy atom. The number of hydrogen-bond donors (Lipinski definition) is 0. The van der Waals surface area contributed by atoms with Gasteiger partial charge in [0.1, 0.15) is 0 Å². The molecular formula is C10H7ClO2. The Morgan fingerprint density at radius 2 is 1.77 bits per heavy atom. The lowest BCUT2D eigenvalue weighted by Gasteiger charge is -1.90. The Labute approximate surface area is 80.5 Å². The van der Waals surface area contributed by atoms with Gasteiger partial charge in [-0.25, -0.2) is 0 Å². The lowest BCUT2D eigenvalue weighted by atomic mass is 10.1. The number of rotatable bonds is 3. The molecule has 0 bridgehead atoms. The molecule has 0 unspecified atom stereocenters. The first-order chi connectivity index (χ1) is 6.20. The third-order valence-electron chi connectivity index (χ3n) is 2.17. The third kappa shape index (κ3) is 1.49. The number of benzene rings is 1. The van der Waals surface area contributed by atoms with E-state index < -0.39 is 5.24 Å². The van der Waals surface area contributed by atoms with Crippen LogP contribution in [0.1, 0.15) is 23.5 Å². The molecule has 2 nitrogen and oxygen atoms in total. The highest BCUT2D eigenvalue weighted by Gasteiger charge is 2.38. The van der Waals surface area contributed by atoms with E-state index in [4.69, 9.17) is 11.6 Å². The summed E-state index contributed by atoms with van der Waals surface area (Å²) in [6.45, 7) is 0. The fourth-order valence-electron chi connectivity index (χ4n) is 1.55. The van der Waals surface area contributed by atoms with Crippen LogP contribution in [0, 0.1) is 0 Å². The number of carbonyl (C=O) groups is 2. The van der Waals surface area contributed by atoms with E-state index in [0.717, 1.165) is 11.1 Å². The normalized spacial score (nSPS) is 13.6. The second-order valence-electron chi connectivity index (χ2n) is 3.06. The number of hydrogen-bond acceptors (Lipinski definition) is 2. The quantitative estimate of drug-likeness (QED) is 0.544. The first-order valence-corrected chi connectivity index (χ1v) is 4.38. The van der Waals surface area contributed by atoms with Crippen molar-refractivity contribution in [2.75, 3.05) is 0 Å². The molecule has 0 aromatic heterocycles. The van der Waals surface area contributed by atoms with Gasteiger partial charge in [0.2, 0.25) is 5.24 Å². The van der Waals surface area contributed by atoms with Gasteiger partial charge in [-0.1, -0.05) is 24.3 Å². The first kappa shape index (κ1) is 8.45. The Balaban J connectivity index is 2.09. The van der Waals surface area contributed by atoms with Crippen LogP contribution in [0.15, 0.2) is 24.3 Å². The first-order valence-electron chi connectivity index (χ1n) is 4.00. The number of halogens is 1. The van der Waals surface area contributed by atoms with Gasteiger partial charge in [-0.05, 0) is 22.7 Å². The minimum absolute atomic E-state index is 0.0961. The highest BCUT2D eigenvalue weighted by molar-refractivity contribution is 6.65. The van der Waals surface area contributed by atoms with Gasteiger partial charge in [-0.2, -0.15) is 0 Å². The summed E-state index contributed by atoms with van der Waals surface area (Å²) in [5.74, 6) is -0.251. The Kier molecular flexibility index (Phi) is 1.93. The van der Waals surface area contributed by atoms with Crippen molar-refractivity contribution in [1.29, 1.82) is 0 Å². The zero-order valence-electron chi connectivity index (χ0n) is 6.79. The van der Waals surface area contributed by atoms with Gasteiger partial charge in [-0.3, -0.25) is 9.59 Å².